The van der Waals surface area contributed by atoms with E-state index in [-0.39, 0.29) is 29.4 Å². The van der Waals surface area contributed by atoms with Crippen molar-refractivity contribution in [2.45, 2.75) is 70.3 Å². The van der Waals surface area contributed by atoms with Crippen LogP contribution >= 0.6 is 0 Å². The molecule has 9 nitrogen and oxygen atoms in total. The monoisotopic (exact) mass is 508 g/mol. The Morgan fingerprint density at radius 1 is 1.22 bits per heavy atom. The number of nitrogens with zero attached hydrogens (tertiary/aromatic N) is 6. The summed E-state index contributed by atoms with van der Waals surface area (Å²) >= 11 is 0. The molecule has 3 unspecified atom stereocenters. The zero-order valence-electron chi connectivity index (χ0n) is 20.8. The fourth-order valence-corrected chi connectivity index (χ4v) is 5.55. The quantitative estimate of drug-likeness (QED) is 0.276. The van der Waals surface area contributed by atoms with Crippen LogP contribution in [0.4, 0.5) is 8.78 Å². The molecule has 1 aromatic carbocycles. The fraction of sp³-hybridized carbons (Fsp3) is 0.423. The van der Waals surface area contributed by atoms with Crippen molar-refractivity contribution >= 4 is 16.7 Å². The van der Waals surface area contributed by atoms with Crippen LogP contribution < -0.4 is 16.3 Å². The zero-order valence-corrected chi connectivity index (χ0v) is 20.8. The minimum Gasteiger partial charge on any atom is -0.482 e. The summed E-state index contributed by atoms with van der Waals surface area (Å²) in [5.74, 6) is 6.78. The maximum Gasteiger partial charge on any atom is 0.320 e. The molecule has 3 aromatic rings. The number of fused-ring (bicyclic) bond motifs is 3. The number of pyridine rings is 1. The largest absolute Gasteiger partial charge is 0.482 e. The van der Waals surface area contributed by atoms with Crippen LogP contribution in [0.2, 0.25) is 0 Å². The number of ether oxygens (including phenoxy) is 1. The van der Waals surface area contributed by atoms with E-state index in [1.54, 1.807) is 36.3 Å². The Hall–Kier alpha value is -3.91. The second-order valence-corrected chi connectivity index (χ2v) is 9.71. The first-order valence-corrected chi connectivity index (χ1v) is 12.3. The molecule has 3 atom stereocenters. The first kappa shape index (κ1) is 24.8. The van der Waals surface area contributed by atoms with E-state index in [1.165, 1.54) is 0 Å². The molecule has 2 bridgehead atoms. The van der Waals surface area contributed by atoms with Crippen LogP contribution in [-0.2, 0) is 0 Å². The lowest BCUT2D eigenvalue weighted by atomic mass is 9.96. The minimum atomic E-state index is -2.79. The summed E-state index contributed by atoms with van der Waals surface area (Å²) in [6.07, 6.45) is 8.09. The van der Waals surface area contributed by atoms with Gasteiger partial charge in [-0.25, -0.2) is 10.8 Å². The number of piperidine rings is 1. The summed E-state index contributed by atoms with van der Waals surface area (Å²) in [4.78, 5) is 10.4. The molecule has 37 heavy (non-hydrogen) atoms. The molecule has 2 aliphatic rings. The molecule has 11 heteroatoms. The Kier molecular flexibility index (Phi) is 6.60. The molecule has 0 saturated carbocycles. The summed E-state index contributed by atoms with van der Waals surface area (Å²) < 4.78 is 34.5. The van der Waals surface area contributed by atoms with E-state index in [0.717, 1.165) is 36.6 Å². The number of aromatic nitrogens is 3. The van der Waals surface area contributed by atoms with Crippen molar-refractivity contribution in [3.63, 3.8) is 0 Å². The van der Waals surface area contributed by atoms with Crippen molar-refractivity contribution in [1.82, 2.24) is 24.4 Å². The Labute approximate surface area is 213 Å². The number of hydrogen-bond donors (Lipinski definition) is 2. The van der Waals surface area contributed by atoms with Gasteiger partial charge in [-0.3, -0.25) is 9.55 Å². The van der Waals surface area contributed by atoms with Gasteiger partial charge in [0.15, 0.2) is 6.19 Å². The van der Waals surface area contributed by atoms with Crippen LogP contribution in [0.15, 0.2) is 48.6 Å². The highest BCUT2D eigenvalue weighted by molar-refractivity contribution is 5.87. The average Bonchev–Trinajstić information content (AvgIpc) is 3.45. The number of nitriles is 1. The molecule has 2 aromatic heterocycles. The van der Waals surface area contributed by atoms with E-state index in [1.807, 2.05) is 24.0 Å². The number of hydrazine groups is 1. The minimum absolute atomic E-state index is 0.0438. The van der Waals surface area contributed by atoms with E-state index in [9.17, 15) is 14.0 Å². The maximum atomic E-state index is 13.8. The number of hydrogen-bond acceptors (Lipinski definition) is 8. The van der Waals surface area contributed by atoms with Crippen LogP contribution in [0, 0.1) is 11.5 Å². The van der Waals surface area contributed by atoms with Crippen molar-refractivity contribution in [2.75, 3.05) is 0 Å². The highest BCUT2D eigenvalue weighted by Gasteiger charge is 2.42. The number of allylic oxidation sites excluding steroid dienone is 1. The number of alkyl halides is 2. The van der Waals surface area contributed by atoms with Crippen LogP contribution in [0.3, 0.4) is 0 Å². The van der Waals surface area contributed by atoms with Crippen molar-refractivity contribution in [3.8, 4) is 11.9 Å². The predicted octanol–water partition coefficient (Wildman–Crippen LogP) is 4.27. The Bertz CT molecular complexity index is 1340. The van der Waals surface area contributed by atoms with Gasteiger partial charge in [0.25, 0.3) is 0 Å². The van der Waals surface area contributed by atoms with Crippen LogP contribution in [0.1, 0.15) is 63.4 Å². The fourth-order valence-electron chi connectivity index (χ4n) is 5.55. The van der Waals surface area contributed by atoms with E-state index >= 15 is 0 Å². The SMILES string of the molecule is C/C(=C(/N)c1cc(OC(C)c2ccccn2)c2c(c1)ncn2C(F)F)N(N)C1CC2CCC(C1)N2C#N. The van der Waals surface area contributed by atoms with Gasteiger partial charge in [-0.1, -0.05) is 6.07 Å². The van der Waals surface area contributed by atoms with Gasteiger partial charge in [-0.05, 0) is 63.8 Å². The first-order valence-electron chi connectivity index (χ1n) is 12.3. The van der Waals surface area contributed by atoms with Crippen LogP contribution in [0.5, 0.6) is 5.75 Å². The maximum absolute atomic E-state index is 13.8. The first-order chi connectivity index (χ1) is 17.8. The van der Waals surface area contributed by atoms with Gasteiger partial charge in [-0.15, -0.1) is 0 Å². The zero-order chi connectivity index (χ0) is 26.3. The summed E-state index contributed by atoms with van der Waals surface area (Å²) in [5.41, 5.74) is 9.40. The van der Waals surface area contributed by atoms with E-state index < -0.39 is 12.7 Å². The van der Waals surface area contributed by atoms with E-state index in [2.05, 4.69) is 16.2 Å². The van der Waals surface area contributed by atoms with Crippen LogP contribution in [0.25, 0.3) is 16.7 Å². The van der Waals surface area contributed by atoms with Gasteiger partial charge >= 0.3 is 6.55 Å². The second-order valence-electron chi connectivity index (χ2n) is 9.71. The molecule has 2 aliphatic heterocycles. The molecular formula is C26H30F2N8O. The molecule has 0 aliphatic carbocycles. The predicted molar refractivity (Wildman–Crippen MR) is 134 cm³/mol. The Balaban J connectivity index is 1.49. The number of halogens is 2. The van der Waals surface area contributed by atoms with Gasteiger partial charge in [-0.2, -0.15) is 14.0 Å². The smallest absolute Gasteiger partial charge is 0.320 e. The van der Waals surface area contributed by atoms with E-state index in [0.29, 0.717) is 28.2 Å². The molecule has 4 N–H and O–H groups in total. The Morgan fingerprint density at radius 2 is 1.95 bits per heavy atom. The molecule has 5 rings (SSSR count). The number of nitrogens with two attached hydrogens (primary N) is 2. The standard InChI is InChI=1S/C26H30F2N8O/c1-15(36(31)20-11-18-6-7-19(12-20)34(18)13-29)24(30)17-9-22-25(35(14-33-22)26(27)28)23(10-17)37-16(2)21-5-3-4-8-32-21/h3-5,8-10,14,16,18-20,26H,6-7,11-12,30-31H2,1-2H3/b24-15-. The van der Waals surface area contributed by atoms with Gasteiger partial charge in [0.2, 0.25) is 0 Å². The van der Waals surface area contributed by atoms with Crippen molar-refractivity contribution in [3.05, 3.63) is 59.8 Å². The summed E-state index contributed by atoms with van der Waals surface area (Å²) in [7, 11) is 0. The van der Waals surface area contributed by atoms with Crippen molar-refractivity contribution in [1.29, 1.82) is 5.26 Å². The molecule has 2 saturated heterocycles. The summed E-state index contributed by atoms with van der Waals surface area (Å²) in [5, 5.41) is 11.1. The number of benzene rings is 1. The number of rotatable bonds is 7. The molecule has 194 valence electrons. The summed E-state index contributed by atoms with van der Waals surface area (Å²) in [6.45, 7) is 0.859. The molecular weight excluding hydrogens is 478 g/mol. The molecule has 0 spiro atoms. The molecule has 0 amide bonds. The van der Waals surface area contributed by atoms with Gasteiger partial charge in [0.1, 0.15) is 23.7 Å². The highest BCUT2D eigenvalue weighted by Crippen LogP contribution is 2.38. The topological polar surface area (TPSA) is 122 Å². The summed E-state index contributed by atoms with van der Waals surface area (Å²) in [6, 6.07) is 9.19. The third kappa shape index (κ3) is 4.53. The van der Waals surface area contributed by atoms with Gasteiger partial charge in [0.05, 0.1) is 16.9 Å². The highest BCUT2D eigenvalue weighted by atomic mass is 19.3. The van der Waals surface area contributed by atoms with E-state index in [4.69, 9.17) is 16.3 Å². The molecule has 0 radical (unpaired) electrons. The lowest BCUT2D eigenvalue weighted by Gasteiger charge is -2.40. The number of imidazole rings is 1. The molecule has 4 heterocycles. The van der Waals surface area contributed by atoms with Crippen molar-refractivity contribution in [2.24, 2.45) is 11.6 Å². The lowest BCUT2D eigenvalue weighted by Crippen LogP contribution is -2.50. The van der Waals surface area contributed by atoms with Crippen molar-refractivity contribution < 1.29 is 13.5 Å². The lowest BCUT2D eigenvalue weighted by molar-refractivity contribution is 0.0737. The second kappa shape index (κ2) is 9.86. The van der Waals surface area contributed by atoms with Crippen LogP contribution in [-0.4, -0.2) is 42.6 Å². The third-order valence-electron chi connectivity index (χ3n) is 7.56. The molecule has 2 fully saturated rings. The third-order valence-corrected chi connectivity index (χ3v) is 7.56. The Morgan fingerprint density at radius 3 is 2.57 bits per heavy atom. The normalized spacial score (nSPS) is 22.6. The average molecular weight is 509 g/mol. The van der Waals surface area contributed by atoms with Gasteiger partial charge < -0.3 is 20.4 Å². The van der Waals surface area contributed by atoms with Gasteiger partial charge in [0, 0.05) is 35.6 Å².